The predicted molar refractivity (Wildman–Crippen MR) is 97.2 cm³/mol. The second-order valence-corrected chi connectivity index (χ2v) is 5.94. The first-order chi connectivity index (χ1) is 10.8. The van der Waals surface area contributed by atoms with Crippen molar-refractivity contribution in [3.63, 3.8) is 0 Å². The van der Waals surface area contributed by atoms with Crippen LogP contribution in [0.3, 0.4) is 0 Å². The number of nitrogens with zero attached hydrogens (tertiary/aromatic N) is 1. The van der Waals surface area contributed by atoms with Crippen molar-refractivity contribution in [1.82, 2.24) is 0 Å². The molecule has 0 aliphatic carbocycles. The van der Waals surface area contributed by atoms with Crippen molar-refractivity contribution >= 4 is 24.7 Å². The molecule has 0 saturated heterocycles. The summed E-state index contributed by atoms with van der Waals surface area (Å²) in [5.41, 5.74) is 7.93. The Kier molecular flexibility index (Phi) is 3.23. The molecule has 0 saturated carbocycles. The second kappa shape index (κ2) is 5.38. The lowest BCUT2D eigenvalue weighted by Crippen LogP contribution is -2.12. The van der Waals surface area contributed by atoms with E-state index in [0.29, 0.717) is 0 Å². The Morgan fingerprint density at radius 3 is 2.09 bits per heavy atom. The van der Waals surface area contributed by atoms with Crippen LogP contribution in [0.2, 0.25) is 0 Å². The summed E-state index contributed by atoms with van der Waals surface area (Å²) >= 11 is 0. The van der Waals surface area contributed by atoms with E-state index in [2.05, 4.69) is 85.5 Å². The molecule has 0 aromatic heterocycles. The summed E-state index contributed by atoms with van der Waals surface area (Å²) in [6.45, 7) is 1.07. The molecule has 1 nitrogen and oxygen atoms in total. The smallest absolute Gasteiger partial charge is 0.139 e. The quantitative estimate of drug-likeness (QED) is 0.652. The maximum absolute atomic E-state index is 2.41. The zero-order valence-corrected chi connectivity index (χ0v) is 12.8. The Hall–Kier alpha value is -2.48. The number of para-hydroxylation sites is 1. The summed E-state index contributed by atoms with van der Waals surface area (Å²) in [6, 6.07) is 26.3. The van der Waals surface area contributed by atoms with Gasteiger partial charge < -0.3 is 4.90 Å². The lowest BCUT2D eigenvalue weighted by molar-refractivity contribution is 0.998. The minimum Gasteiger partial charge on any atom is -0.341 e. The molecule has 1 heterocycles. The van der Waals surface area contributed by atoms with Crippen molar-refractivity contribution in [2.75, 3.05) is 11.4 Å². The molecular formula is C20H18BN. The Morgan fingerprint density at radius 2 is 1.36 bits per heavy atom. The molecule has 0 bridgehead atoms. The minimum atomic E-state index is 1.07. The monoisotopic (exact) mass is 283 g/mol. The van der Waals surface area contributed by atoms with Crippen molar-refractivity contribution < 1.29 is 0 Å². The average Bonchev–Trinajstić information content (AvgIpc) is 3.00. The molecule has 1 aliphatic heterocycles. The Balaban J connectivity index is 1.64. The largest absolute Gasteiger partial charge is 0.341 e. The highest BCUT2D eigenvalue weighted by Crippen LogP contribution is 2.34. The lowest BCUT2D eigenvalue weighted by atomic mass is 9.94. The van der Waals surface area contributed by atoms with E-state index < -0.39 is 0 Å². The van der Waals surface area contributed by atoms with Gasteiger partial charge in [0, 0.05) is 17.9 Å². The maximum atomic E-state index is 2.41. The molecule has 1 aliphatic rings. The van der Waals surface area contributed by atoms with Crippen LogP contribution in [0.4, 0.5) is 11.4 Å². The van der Waals surface area contributed by atoms with Crippen LogP contribution >= 0.6 is 0 Å². The fourth-order valence-corrected chi connectivity index (χ4v) is 3.19. The fourth-order valence-electron chi connectivity index (χ4n) is 3.19. The average molecular weight is 283 g/mol. The number of hydrogen-bond acceptors (Lipinski definition) is 1. The first kappa shape index (κ1) is 13.2. The van der Waals surface area contributed by atoms with Crippen molar-refractivity contribution in [2.24, 2.45) is 0 Å². The van der Waals surface area contributed by atoms with E-state index in [0.717, 1.165) is 13.0 Å². The third-order valence-electron chi connectivity index (χ3n) is 4.45. The van der Waals surface area contributed by atoms with Gasteiger partial charge in [-0.15, -0.1) is 0 Å². The first-order valence-corrected chi connectivity index (χ1v) is 7.84. The van der Waals surface area contributed by atoms with Gasteiger partial charge in [0.25, 0.3) is 0 Å². The third-order valence-corrected chi connectivity index (χ3v) is 4.45. The molecule has 0 N–H and O–H groups in total. The molecule has 22 heavy (non-hydrogen) atoms. The van der Waals surface area contributed by atoms with Gasteiger partial charge in [0.15, 0.2) is 0 Å². The number of rotatable bonds is 2. The van der Waals surface area contributed by atoms with Crippen LogP contribution < -0.4 is 10.4 Å². The van der Waals surface area contributed by atoms with E-state index in [1.807, 2.05) is 0 Å². The summed E-state index contributed by atoms with van der Waals surface area (Å²) in [7, 11) is 2.12. The fraction of sp³-hybridized carbons (Fsp3) is 0.100. The van der Waals surface area contributed by atoms with Crippen molar-refractivity contribution in [3.8, 4) is 11.1 Å². The van der Waals surface area contributed by atoms with Crippen molar-refractivity contribution in [1.29, 1.82) is 0 Å². The summed E-state index contributed by atoms with van der Waals surface area (Å²) in [5.74, 6) is 0. The van der Waals surface area contributed by atoms with Crippen LogP contribution in [-0.4, -0.2) is 14.4 Å². The number of benzene rings is 3. The zero-order chi connectivity index (χ0) is 14.9. The minimum absolute atomic E-state index is 1.07. The van der Waals surface area contributed by atoms with Crippen molar-refractivity contribution in [3.05, 3.63) is 78.4 Å². The molecule has 0 radical (unpaired) electrons. The standard InChI is InChI=1S/C20H18BN/c21-18-9-5-15(6-10-18)16-7-11-19(12-8-16)22-14-13-17-3-1-2-4-20(17)22/h1-12H,13-14,21H2. The molecule has 3 aromatic carbocycles. The highest BCUT2D eigenvalue weighted by molar-refractivity contribution is 6.32. The molecule has 106 valence electrons. The van der Waals surface area contributed by atoms with Crippen molar-refractivity contribution in [2.45, 2.75) is 6.42 Å². The van der Waals surface area contributed by atoms with E-state index in [-0.39, 0.29) is 0 Å². The number of hydrogen-bond donors (Lipinski definition) is 0. The third kappa shape index (κ3) is 2.31. The van der Waals surface area contributed by atoms with E-state index in [1.165, 1.54) is 33.5 Å². The van der Waals surface area contributed by atoms with Crippen LogP contribution in [0.15, 0.2) is 72.8 Å². The summed E-state index contributed by atoms with van der Waals surface area (Å²) in [5, 5.41) is 0. The van der Waals surface area contributed by atoms with E-state index in [9.17, 15) is 0 Å². The van der Waals surface area contributed by atoms with Crippen LogP contribution in [0.25, 0.3) is 11.1 Å². The molecule has 0 amide bonds. The van der Waals surface area contributed by atoms with Gasteiger partial charge >= 0.3 is 0 Å². The molecule has 0 atom stereocenters. The van der Waals surface area contributed by atoms with Gasteiger partial charge in [0.2, 0.25) is 0 Å². The maximum Gasteiger partial charge on any atom is 0.139 e. The second-order valence-electron chi connectivity index (χ2n) is 5.94. The lowest BCUT2D eigenvalue weighted by Gasteiger charge is -2.20. The molecule has 4 rings (SSSR count). The van der Waals surface area contributed by atoms with Crippen LogP contribution in [0.1, 0.15) is 5.56 Å². The van der Waals surface area contributed by atoms with Crippen LogP contribution in [-0.2, 0) is 6.42 Å². The van der Waals surface area contributed by atoms with E-state index in [4.69, 9.17) is 0 Å². The highest BCUT2D eigenvalue weighted by atomic mass is 15.2. The molecular weight excluding hydrogens is 265 g/mol. The summed E-state index contributed by atoms with van der Waals surface area (Å²) < 4.78 is 0. The Morgan fingerprint density at radius 1 is 0.727 bits per heavy atom. The van der Waals surface area contributed by atoms with Gasteiger partial charge in [-0.1, -0.05) is 60.1 Å². The molecule has 0 spiro atoms. The van der Waals surface area contributed by atoms with E-state index in [1.54, 1.807) is 0 Å². The molecule has 2 heteroatoms. The van der Waals surface area contributed by atoms with Gasteiger partial charge in [0.05, 0.1) is 0 Å². The molecule has 0 unspecified atom stereocenters. The van der Waals surface area contributed by atoms with Gasteiger partial charge in [-0.25, -0.2) is 0 Å². The van der Waals surface area contributed by atoms with Crippen LogP contribution in [0.5, 0.6) is 0 Å². The van der Waals surface area contributed by atoms with E-state index >= 15 is 0 Å². The van der Waals surface area contributed by atoms with Gasteiger partial charge in [0.1, 0.15) is 7.85 Å². The van der Waals surface area contributed by atoms with Gasteiger partial charge in [-0.3, -0.25) is 0 Å². The number of anilines is 2. The molecule has 0 fully saturated rings. The normalized spacial score (nSPS) is 13.2. The Bertz CT molecular complexity index is 791. The highest BCUT2D eigenvalue weighted by Gasteiger charge is 2.19. The summed E-state index contributed by atoms with van der Waals surface area (Å²) in [4.78, 5) is 2.41. The topological polar surface area (TPSA) is 3.24 Å². The zero-order valence-electron chi connectivity index (χ0n) is 12.8. The van der Waals surface area contributed by atoms with Crippen LogP contribution in [0, 0.1) is 0 Å². The first-order valence-electron chi connectivity index (χ1n) is 7.84. The predicted octanol–water partition coefficient (Wildman–Crippen LogP) is 3.31. The van der Waals surface area contributed by atoms with Gasteiger partial charge in [-0.05, 0) is 41.3 Å². The van der Waals surface area contributed by atoms with Gasteiger partial charge in [-0.2, -0.15) is 0 Å². The Labute approximate surface area is 132 Å². The SMILES string of the molecule is Bc1ccc(-c2ccc(N3CCc4ccccc43)cc2)cc1. The number of fused-ring (bicyclic) bond motifs is 1. The molecule has 3 aromatic rings. The summed E-state index contributed by atoms with van der Waals surface area (Å²) in [6.07, 6.45) is 1.13.